The Morgan fingerprint density at radius 2 is 2.12 bits per heavy atom. The van der Waals surface area contributed by atoms with Crippen LogP contribution in [0, 0.1) is 11.6 Å². The minimum absolute atomic E-state index is 0.00243. The minimum atomic E-state index is -1.17. The van der Waals surface area contributed by atoms with Crippen LogP contribution in [0.3, 0.4) is 0 Å². The van der Waals surface area contributed by atoms with Gasteiger partial charge in [-0.3, -0.25) is 4.79 Å². The van der Waals surface area contributed by atoms with Crippen LogP contribution in [0.2, 0.25) is 0 Å². The first-order valence-electron chi connectivity index (χ1n) is 4.42. The summed E-state index contributed by atoms with van der Waals surface area (Å²) in [6.07, 6.45) is 0. The van der Waals surface area contributed by atoms with Gasteiger partial charge in [-0.2, -0.15) is 4.39 Å². The number of likely N-dealkylation sites (N-methyl/N-ethyl adjacent to an activating group) is 1. The molecule has 1 N–H and O–H groups in total. The second kappa shape index (κ2) is 5.36. The summed E-state index contributed by atoms with van der Waals surface area (Å²) in [6, 6.07) is 1.21. The highest BCUT2D eigenvalue weighted by Gasteiger charge is 2.21. The highest BCUT2D eigenvalue weighted by Crippen LogP contribution is 2.30. The average Bonchev–Trinajstić information content (AvgIpc) is 2.26. The van der Waals surface area contributed by atoms with E-state index in [9.17, 15) is 13.6 Å². The lowest BCUT2D eigenvalue weighted by atomic mass is 10.1. The van der Waals surface area contributed by atoms with Crippen molar-refractivity contribution in [2.24, 2.45) is 0 Å². The van der Waals surface area contributed by atoms with Crippen molar-refractivity contribution in [1.82, 2.24) is 5.32 Å². The minimum Gasteiger partial charge on any atom is -0.493 e. The molecule has 0 heterocycles. The Morgan fingerprint density at radius 3 is 2.62 bits per heavy atom. The van der Waals surface area contributed by atoms with E-state index >= 15 is 0 Å². The number of hydrogen-bond donors (Lipinski definition) is 1. The van der Waals surface area contributed by atoms with Crippen molar-refractivity contribution in [3.05, 3.63) is 27.7 Å². The van der Waals surface area contributed by atoms with Crippen LogP contribution in [0.15, 0.2) is 10.5 Å². The second-order valence-corrected chi connectivity index (χ2v) is 3.88. The van der Waals surface area contributed by atoms with Crippen molar-refractivity contribution in [3.8, 4) is 5.75 Å². The van der Waals surface area contributed by atoms with Crippen molar-refractivity contribution < 1.29 is 18.3 Å². The fourth-order valence-electron chi connectivity index (χ4n) is 1.24. The normalized spacial score (nSPS) is 10.3. The van der Waals surface area contributed by atoms with Crippen LogP contribution in [0.1, 0.15) is 10.4 Å². The van der Waals surface area contributed by atoms with Crippen molar-refractivity contribution in [3.63, 3.8) is 0 Å². The van der Waals surface area contributed by atoms with Crippen molar-refractivity contribution in [2.75, 3.05) is 20.7 Å². The molecule has 0 amide bonds. The summed E-state index contributed by atoms with van der Waals surface area (Å²) in [7, 11) is 2.77. The number of Topliss-reactive ketones (excluding diaryl/α,β-unsaturated/α-hetero) is 1. The maximum Gasteiger partial charge on any atom is 0.202 e. The van der Waals surface area contributed by atoms with Gasteiger partial charge in [0.25, 0.3) is 0 Å². The van der Waals surface area contributed by atoms with Gasteiger partial charge in [0.05, 0.1) is 23.7 Å². The summed E-state index contributed by atoms with van der Waals surface area (Å²) in [5.74, 6) is -2.99. The molecule has 6 heteroatoms. The molecule has 0 saturated heterocycles. The summed E-state index contributed by atoms with van der Waals surface area (Å²) in [5, 5.41) is 2.63. The van der Waals surface area contributed by atoms with Gasteiger partial charge in [-0.25, -0.2) is 4.39 Å². The van der Waals surface area contributed by atoms with E-state index in [-0.39, 0.29) is 28.1 Å². The van der Waals surface area contributed by atoms with Crippen LogP contribution in [-0.4, -0.2) is 26.5 Å². The number of carbonyl (C=O) groups is 1. The molecule has 1 aromatic rings. The molecule has 1 aromatic carbocycles. The molecule has 88 valence electrons. The summed E-state index contributed by atoms with van der Waals surface area (Å²) in [4.78, 5) is 11.6. The largest absolute Gasteiger partial charge is 0.493 e. The lowest BCUT2D eigenvalue weighted by Gasteiger charge is -2.10. The highest BCUT2D eigenvalue weighted by molar-refractivity contribution is 9.10. The smallest absolute Gasteiger partial charge is 0.202 e. The Morgan fingerprint density at radius 1 is 1.50 bits per heavy atom. The lowest BCUT2D eigenvalue weighted by molar-refractivity contribution is 0.0989. The van der Waals surface area contributed by atoms with Gasteiger partial charge in [-0.1, -0.05) is 0 Å². The number of nitrogens with one attached hydrogen (secondary N) is 1. The molecule has 0 aliphatic rings. The molecule has 0 spiro atoms. The lowest BCUT2D eigenvalue weighted by Crippen LogP contribution is -2.19. The van der Waals surface area contributed by atoms with Gasteiger partial charge in [-0.05, 0) is 29.0 Å². The zero-order chi connectivity index (χ0) is 12.3. The van der Waals surface area contributed by atoms with Gasteiger partial charge in [-0.15, -0.1) is 0 Å². The number of methoxy groups -OCH3 is 1. The van der Waals surface area contributed by atoms with Crippen LogP contribution in [0.5, 0.6) is 5.75 Å². The van der Waals surface area contributed by atoms with E-state index in [1.807, 2.05) is 0 Å². The number of ether oxygens (including phenoxy) is 1. The third-order valence-electron chi connectivity index (χ3n) is 1.96. The van der Waals surface area contributed by atoms with E-state index in [0.717, 1.165) is 0 Å². The van der Waals surface area contributed by atoms with E-state index in [2.05, 4.69) is 21.2 Å². The Kier molecular flexibility index (Phi) is 4.37. The van der Waals surface area contributed by atoms with E-state index in [1.54, 1.807) is 7.05 Å². The molecule has 0 saturated carbocycles. The Bertz CT molecular complexity index is 424. The number of rotatable bonds is 4. The van der Waals surface area contributed by atoms with Crippen LogP contribution < -0.4 is 10.1 Å². The van der Waals surface area contributed by atoms with Crippen LogP contribution in [-0.2, 0) is 0 Å². The zero-order valence-corrected chi connectivity index (χ0v) is 10.3. The SMILES string of the molecule is CNCC(=O)c1cc(Br)c(F)c(F)c1OC. The van der Waals surface area contributed by atoms with Crippen molar-refractivity contribution in [1.29, 1.82) is 0 Å². The van der Waals surface area contributed by atoms with Gasteiger partial charge in [0.2, 0.25) is 5.82 Å². The van der Waals surface area contributed by atoms with E-state index in [0.29, 0.717) is 0 Å². The summed E-state index contributed by atoms with van der Waals surface area (Å²) in [5.41, 5.74) is 0.00243. The molecule has 0 aromatic heterocycles. The number of halogens is 3. The number of ketones is 1. The Hall–Kier alpha value is -1.01. The van der Waals surface area contributed by atoms with Crippen LogP contribution >= 0.6 is 15.9 Å². The molecule has 0 fully saturated rings. The fourth-order valence-corrected chi connectivity index (χ4v) is 1.64. The van der Waals surface area contributed by atoms with E-state index < -0.39 is 11.6 Å². The van der Waals surface area contributed by atoms with Crippen LogP contribution in [0.4, 0.5) is 8.78 Å². The molecule has 1 rings (SSSR count). The molecule has 0 bridgehead atoms. The number of hydrogen-bond acceptors (Lipinski definition) is 3. The molecule has 0 aliphatic heterocycles. The third-order valence-corrected chi connectivity index (χ3v) is 2.54. The topological polar surface area (TPSA) is 38.3 Å². The van der Waals surface area contributed by atoms with Gasteiger partial charge >= 0.3 is 0 Å². The molecule has 3 nitrogen and oxygen atoms in total. The highest BCUT2D eigenvalue weighted by atomic mass is 79.9. The monoisotopic (exact) mass is 293 g/mol. The molecule has 0 atom stereocenters. The van der Waals surface area contributed by atoms with Gasteiger partial charge < -0.3 is 10.1 Å². The summed E-state index contributed by atoms with van der Waals surface area (Å²) >= 11 is 2.84. The predicted octanol–water partition coefficient (Wildman–Crippen LogP) is 2.14. The van der Waals surface area contributed by atoms with Gasteiger partial charge in [0.1, 0.15) is 0 Å². The molecule has 16 heavy (non-hydrogen) atoms. The molecule has 0 unspecified atom stereocenters. The summed E-state index contributed by atoms with van der Waals surface area (Å²) < 4.78 is 31.2. The third kappa shape index (κ3) is 2.38. The first-order valence-corrected chi connectivity index (χ1v) is 5.21. The Balaban J connectivity index is 3.33. The molecule has 0 radical (unpaired) electrons. The predicted molar refractivity (Wildman–Crippen MR) is 58.9 cm³/mol. The fraction of sp³-hybridized carbons (Fsp3) is 0.300. The zero-order valence-electron chi connectivity index (χ0n) is 8.73. The van der Waals surface area contributed by atoms with Crippen molar-refractivity contribution >= 4 is 21.7 Å². The van der Waals surface area contributed by atoms with Crippen LogP contribution in [0.25, 0.3) is 0 Å². The first-order chi connectivity index (χ1) is 7.52. The molecule has 0 aliphatic carbocycles. The molecular weight excluding hydrogens is 284 g/mol. The van der Waals surface area contributed by atoms with Crippen molar-refractivity contribution in [2.45, 2.75) is 0 Å². The number of benzene rings is 1. The maximum absolute atomic E-state index is 13.4. The van der Waals surface area contributed by atoms with E-state index in [1.165, 1.54) is 13.2 Å². The second-order valence-electron chi connectivity index (χ2n) is 3.02. The van der Waals surface area contributed by atoms with E-state index in [4.69, 9.17) is 4.74 Å². The Labute approximate surface area is 99.9 Å². The first kappa shape index (κ1) is 13.1. The van der Waals surface area contributed by atoms with Gasteiger partial charge in [0.15, 0.2) is 17.3 Å². The maximum atomic E-state index is 13.4. The standard InChI is InChI=1S/C10H10BrF2NO2/c1-14-4-7(15)5-3-6(11)8(12)9(13)10(5)16-2/h3,14H,4H2,1-2H3. The van der Waals surface area contributed by atoms with Gasteiger partial charge in [0, 0.05) is 0 Å². The summed E-state index contributed by atoms with van der Waals surface area (Å²) in [6.45, 7) is 0.0217. The number of carbonyl (C=O) groups excluding carboxylic acids is 1. The molecular formula is C10H10BrF2NO2. The quantitative estimate of drug-likeness (QED) is 0.683. The average molecular weight is 294 g/mol.